The zero-order chi connectivity index (χ0) is 19.2. The largest absolute Gasteiger partial charge is 0.334 e. The van der Waals surface area contributed by atoms with E-state index in [9.17, 15) is 4.79 Å². The second kappa shape index (κ2) is 9.33. The molecule has 0 unspecified atom stereocenters. The van der Waals surface area contributed by atoms with Crippen molar-refractivity contribution in [1.29, 1.82) is 0 Å². The first kappa shape index (κ1) is 19.1. The summed E-state index contributed by atoms with van der Waals surface area (Å²) in [6.07, 6.45) is 11.6. The molecule has 1 aromatic carbocycles. The van der Waals surface area contributed by atoms with Crippen molar-refractivity contribution in [3.8, 4) is 0 Å². The Hall–Kier alpha value is -2.20. The fourth-order valence-electron chi connectivity index (χ4n) is 4.78. The van der Waals surface area contributed by atoms with Crippen molar-refractivity contribution < 1.29 is 4.79 Å². The van der Waals surface area contributed by atoms with E-state index in [-0.39, 0.29) is 5.91 Å². The van der Waals surface area contributed by atoms with Gasteiger partial charge in [0.1, 0.15) is 0 Å². The lowest BCUT2D eigenvalue weighted by molar-refractivity contribution is 0.0650. The summed E-state index contributed by atoms with van der Waals surface area (Å²) in [6, 6.07) is 14.5. The zero-order valence-electron chi connectivity index (χ0n) is 16.7. The van der Waals surface area contributed by atoms with Crippen LogP contribution in [-0.4, -0.2) is 46.4 Å². The molecule has 1 aliphatic carbocycles. The van der Waals surface area contributed by atoms with Gasteiger partial charge in [-0.3, -0.25) is 9.78 Å². The minimum Gasteiger partial charge on any atom is -0.334 e. The molecule has 2 fully saturated rings. The van der Waals surface area contributed by atoms with Gasteiger partial charge in [0.15, 0.2) is 0 Å². The number of aromatic nitrogens is 1. The van der Waals surface area contributed by atoms with Crippen molar-refractivity contribution in [2.75, 3.05) is 19.6 Å². The third-order valence-electron chi connectivity index (χ3n) is 6.37. The van der Waals surface area contributed by atoms with E-state index >= 15 is 0 Å². The molecule has 4 nitrogen and oxygen atoms in total. The maximum atomic E-state index is 13.2. The number of hydrogen-bond donors (Lipinski definition) is 0. The number of piperidine rings is 1. The van der Waals surface area contributed by atoms with Gasteiger partial charge in [0.05, 0.1) is 0 Å². The van der Waals surface area contributed by atoms with Crippen LogP contribution in [0.25, 0.3) is 0 Å². The van der Waals surface area contributed by atoms with Gasteiger partial charge in [-0.2, -0.15) is 0 Å². The molecule has 0 radical (unpaired) electrons. The maximum Gasteiger partial charge on any atom is 0.254 e. The molecule has 1 aromatic heterocycles. The number of rotatable bonds is 6. The first-order chi connectivity index (χ1) is 13.8. The Morgan fingerprint density at radius 2 is 1.75 bits per heavy atom. The highest BCUT2D eigenvalue weighted by Crippen LogP contribution is 2.28. The number of hydrogen-bond acceptors (Lipinski definition) is 3. The van der Waals surface area contributed by atoms with Crippen molar-refractivity contribution in [2.24, 2.45) is 5.92 Å². The lowest BCUT2D eigenvalue weighted by Crippen LogP contribution is -2.43. The quantitative estimate of drug-likeness (QED) is 0.750. The van der Waals surface area contributed by atoms with E-state index in [0.29, 0.717) is 12.5 Å². The molecule has 2 heterocycles. The van der Waals surface area contributed by atoms with Crippen LogP contribution >= 0.6 is 0 Å². The molecule has 2 aliphatic rings. The predicted molar refractivity (Wildman–Crippen MR) is 112 cm³/mol. The number of amides is 1. The van der Waals surface area contributed by atoms with E-state index in [0.717, 1.165) is 23.7 Å². The van der Waals surface area contributed by atoms with Crippen LogP contribution in [0.5, 0.6) is 0 Å². The van der Waals surface area contributed by atoms with E-state index in [1.54, 1.807) is 6.20 Å². The Morgan fingerprint density at radius 3 is 2.43 bits per heavy atom. The van der Waals surface area contributed by atoms with Crippen LogP contribution in [0, 0.1) is 5.92 Å². The lowest BCUT2D eigenvalue weighted by Gasteiger charge is -2.38. The second-order valence-electron chi connectivity index (χ2n) is 8.33. The topological polar surface area (TPSA) is 36.4 Å². The van der Waals surface area contributed by atoms with Crippen LogP contribution in [0.2, 0.25) is 0 Å². The molecule has 1 aliphatic heterocycles. The van der Waals surface area contributed by atoms with Crippen LogP contribution in [0.1, 0.15) is 54.4 Å². The van der Waals surface area contributed by atoms with Crippen LogP contribution in [0.3, 0.4) is 0 Å². The summed E-state index contributed by atoms with van der Waals surface area (Å²) in [6.45, 7) is 3.84. The van der Waals surface area contributed by atoms with E-state index in [2.05, 4.69) is 16.0 Å². The molecular formula is C24H31N3O. The summed E-state index contributed by atoms with van der Waals surface area (Å²) in [5.41, 5.74) is 1.87. The number of carbonyl (C=O) groups excluding carboxylic acids is 1. The third kappa shape index (κ3) is 4.79. The van der Waals surface area contributed by atoms with Crippen molar-refractivity contribution in [3.05, 3.63) is 66.0 Å². The Morgan fingerprint density at radius 1 is 1.00 bits per heavy atom. The smallest absolute Gasteiger partial charge is 0.254 e. The molecule has 0 atom stereocenters. The van der Waals surface area contributed by atoms with Crippen molar-refractivity contribution in [2.45, 2.75) is 51.1 Å². The average Bonchev–Trinajstić information content (AvgIpc) is 3.30. The van der Waals surface area contributed by atoms with Crippen molar-refractivity contribution in [1.82, 2.24) is 14.8 Å². The number of likely N-dealkylation sites (tertiary alicyclic amines) is 1. The molecule has 4 heteroatoms. The van der Waals surface area contributed by atoms with Gasteiger partial charge >= 0.3 is 0 Å². The van der Waals surface area contributed by atoms with E-state index in [4.69, 9.17) is 0 Å². The molecule has 1 saturated carbocycles. The molecule has 1 amide bonds. The highest BCUT2D eigenvalue weighted by Gasteiger charge is 2.29. The molecule has 1 saturated heterocycles. The summed E-state index contributed by atoms with van der Waals surface area (Å²) in [4.78, 5) is 22.1. The SMILES string of the molecule is O=C(c1ccccc1)N(Cc1cccnc1)CC1CCN(C2CCCC2)CC1. The molecule has 0 spiro atoms. The summed E-state index contributed by atoms with van der Waals surface area (Å²) >= 11 is 0. The van der Waals surface area contributed by atoms with Gasteiger partial charge in [0.25, 0.3) is 5.91 Å². The average molecular weight is 378 g/mol. The number of nitrogens with zero attached hydrogens (tertiary/aromatic N) is 3. The molecule has 148 valence electrons. The van der Waals surface area contributed by atoms with E-state index in [1.807, 2.05) is 47.5 Å². The Bertz CT molecular complexity index is 735. The minimum absolute atomic E-state index is 0.127. The number of pyridine rings is 1. The highest BCUT2D eigenvalue weighted by atomic mass is 16.2. The highest BCUT2D eigenvalue weighted by molar-refractivity contribution is 5.94. The van der Waals surface area contributed by atoms with E-state index in [1.165, 1.54) is 51.6 Å². The molecule has 2 aromatic rings. The summed E-state index contributed by atoms with van der Waals surface area (Å²) in [5.74, 6) is 0.713. The Labute approximate surface area is 168 Å². The number of carbonyl (C=O) groups is 1. The van der Waals surface area contributed by atoms with Crippen LogP contribution in [0.4, 0.5) is 0 Å². The van der Waals surface area contributed by atoms with Gasteiger partial charge in [0, 0.05) is 37.1 Å². The molecule has 28 heavy (non-hydrogen) atoms. The lowest BCUT2D eigenvalue weighted by atomic mass is 9.94. The number of benzene rings is 1. The Balaban J connectivity index is 1.41. The summed E-state index contributed by atoms with van der Waals surface area (Å²) in [7, 11) is 0. The van der Waals surface area contributed by atoms with Crippen LogP contribution in [0.15, 0.2) is 54.9 Å². The molecule has 0 N–H and O–H groups in total. The predicted octanol–water partition coefficient (Wildman–Crippen LogP) is 4.38. The minimum atomic E-state index is 0.127. The van der Waals surface area contributed by atoms with E-state index < -0.39 is 0 Å². The molecule has 4 rings (SSSR count). The third-order valence-corrected chi connectivity index (χ3v) is 6.37. The van der Waals surface area contributed by atoms with Crippen molar-refractivity contribution >= 4 is 5.91 Å². The first-order valence-electron chi connectivity index (χ1n) is 10.8. The Kier molecular flexibility index (Phi) is 6.38. The monoisotopic (exact) mass is 377 g/mol. The van der Waals surface area contributed by atoms with Crippen molar-refractivity contribution in [3.63, 3.8) is 0 Å². The van der Waals surface area contributed by atoms with Gasteiger partial charge in [-0.25, -0.2) is 0 Å². The van der Waals surface area contributed by atoms with Gasteiger partial charge in [-0.05, 0) is 68.5 Å². The van der Waals surface area contributed by atoms with Gasteiger partial charge in [-0.1, -0.05) is 37.1 Å². The fourth-order valence-corrected chi connectivity index (χ4v) is 4.78. The standard InChI is InChI=1S/C24H31N3O/c28-24(22-8-2-1-3-9-22)27(19-21-7-6-14-25-17-21)18-20-12-15-26(16-13-20)23-10-4-5-11-23/h1-3,6-9,14,17,20,23H,4-5,10-13,15-16,18-19H2. The van der Waals surface area contributed by atoms with Gasteiger partial charge in [-0.15, -0.1) is 0 Å². The summed E-state index contributed by atoms with van der Waals surface area (Å²) in [5, 5.41) is 0. The van der Waals surface area contributed by atoms with Crippen LogP contribution < -0.4 is 0 Å². The summed E-state index contributed by atoms with van der Waals surface area (Å²) < 4.78 is 0. The molecule has 0 bridgehead atoms. The van der Waals surface area contributed by atoms with Gasteiger partial charge < -0.3 is 9.80 Å². The molecular weight excluding hydrogens is 346 g/mol. The second-order valence-corrected chi connectivity index (χ2v) is 8.33. The van der Waals surface area contributed by atoms with Gasteiger partial charge in [0.2, 0.25) is 0 Å². The normalized spacial score (nSPS) is 19.0. The van der Waals surface area contributed by atoms with Crippen LogP contribution in [-0.2, 0) is 6.54 Å². The zero-order valence-corrected chi connectivity index (χ0v) is 16.7. The maximum absolute atomic E-state index is 13.2. The first-order valence-corrected chi connectivity index (χ1v) is 10.8. The fraction of sp³-hybridized carbons (Fsp3) is 0.500.